The average Bonchev–Trinajstić information content (AvgIpc) is 2.45. The van der Waals surface area contributed by atoms with Gasteiger partial charge in [-0.25, -0.2) is 0 Å². The molecule has 118 valence electrons. The summed E-state index contributed by atoms with van der Waals surface area (Å²) in [6.45, 7) is 4.78. The van der Waals surface area contributed by atoms with Crippen LogP contribution in [0.3, 0.4) is 0 Å². The molecule has 1 saturated heterocycles. The molecule has 0 spiro atoms. The Hall–Kier alpha value is -0.700. The smallest absolute Gasteiger partial charge is 0.310 e. The Bertz CT molecular complexity index is 409. The van der Waals surface area contributed by atoms with Crippen molar-refractivity contribution in [2.24, 2.45) is 11.7 Å². The fourth-order valence-corrected chi connectivity index (χ4v) is 3.78. The molecule has 2 atom stereocenters. The second-order valence-electron chi connectivity index (χ2n) is 4.91. The molecule has 0 aromatic rings. The van der Waals surface area contributed by atoms with Crippen LogP contribution in [0.4, 0.5) is 0 Å². The minimum absolute atomic E-state index is 0.176. The van der Waals surface area contributed by atoms with Crippen molar-refractivity contribution in [3.05, 3.63) is 0 Å². The first-order chi connectivity index (χ1) is 9.44. The molecular weight excluding hydrogens is 282 g/mol. The van der Waals surface area contributed by atoms with E-state index >= 15 is 0 Å². The molecule has 1 aliphatic heterocycles. The van der Waals surface area contributed by atoms with Crippen LogP contribution in [0, 0.1) is 5.92 Å². The molecule has 8 heteroatoms. The van der Waals surface area contributed by atoms with Gasteiger partial charge in [0.1, 0.15) is 0 Å². The van der Waals surface area contributed by atoms with Gasteiger partial charge in [-0.15, -0.1) is 0 Å². The highest BCUT2D eigenvalue weighted by Crippen LogP contribution is 2.20. The lowest BCUT2D eigenvalue weighted by atomic mass is 10.0. The number of rotatable bonds is 7. The van der Waals surface area contributed by atoms with Gasteiger partial charge in [0.05, 0.1) is 12.5 Å². The minimum atomic E-state index is -3.59. The maximum atomic E-state index is 12.2. The van der Waals surface area contributed by atoms with Crippen LogP contribution in [0.2, 0.25) is 0 Å². The molecule has 0 bridgehead atoms. The van der Waals surface area contributed by atoms with E-state index in [2.05, 4.69) is 4.72 Å². The molecule has 3 N–H and O–H groups in total. The summed E-state index contributed by atoms with van der Waals surface area (Å²) in [5.74, 6) is -0.698. The van der Waals surface area contributed by atoms with Crippen LogP contribution in [-0.4, -0.2) is 51.0 Å². The molecule has 1 rings (SSSR count). The average molecular weight is 307 g/mol. The normalized spacial score (nSPS) is 22.4. The summed E-state index contributed by atoms with van der Waals surface area (Å²) in [4.78, 5) is 11.7. The second-order valence-corrected chi connectivity index (χ2v) is 6.62. The monoisotopic (exact) mass is 307 g/mol. The van der Waals surface area contributed by atoms with Crippen LogP contribution in [-0.2, 0) is 19.7 Å². The number of piperidine rings is 1. The quantitative estimate of drug-likeness (QED) is 0.636. The van der Waals surface area contributed by atoms with Crippen molar-refractivity contribution in [3.63, 3.8) is 0 Å². The van der Waals surface area contributed by atoms with Crippen LogP contribution in [0.1, 0.15) is 33.1 Å². The van der Waals surface area contributed by atoms with Crippen LogP contribution < -0.4 is 10.5 Å². The Morgan fingerprint density at radius 3 is 2.75 bits per heavy atom. The van der Waals surface area contributed by atoms with Crippen molar-refractivity contribution >= 4 is 16.2 Å². The molecule has 2 unspecified atom stereocenters. The van der Waals surface area contributed by atoms with E-state index in [9.17, 15) is 13.2 Å². The topological polar surface area (TPSA) is 102 Å². The van der Waals surface area contributed by atoms with Gasteiger partial charge in [0.2, 0.25) is 0 Å². The molecule has 1 fully saturated rings. The van der Waals surface area contributed by atoms with E-state index < -0.39 is 10.2 Å². The maximum absolute atomic E-state index is 12.2. The summed E-state index contributed by atoms with van der Waals surface area (Å²) < 4.78 is 33.3. The van der Waals surface area contributed by atoms with Gasteiger partial charge < -0.3 is 10.5 Å². The van der Waals surface area contributed by atoms with E-state index in [1.165, 1.54) is 4.31 Å². The lowest BCUT2D eigenvalue weighted by Gasteiger charge is -2.31. The summed E-state index contributed by atoms with van der Waals surface area (Å²) in [5.41, 5.74) is 5.52. The zero-order valence-electron chi connectivity index (χ0n) is 12.2. The molecule has 0 amide bonds. The Kier molecular flexibility index (Phi) is 6.87. The number of nitrogens with one attached hydrogen (secondary N) is 1. The van der Waals surface area contributed by atoms with Gasteiger partial charge in [-0.2, -0.15) is 17.4 Å². The van der Waals surface area contributed by atoms with E-state index in [4.69, 9.17) is 10.5 Å². The van der Waals surface area contributed by atoms with Gasteiger partial charge in [-0.1, -0.05) is 6.92 Å². The predicted octanol–water partition coefficient (Wildman–Crippen LogP) is -0.167. The Morgan fingerprint density at radius 1 is 1.50 bits per heavy atom. The SMILES string of the molecule is CCOC(=O)C1CCCN(S(=O)(=O)NC(CC)CN)C1. The standard InChI is InChI=1S/C12H25N3O4S/c1-3-11(8-13)14-20(17,18)15-7-5-6-10(9-15)12(16)19-4-2/h10-11,14H,3-9,13H2,1-2H3. The predicted molar refractivity (Wildman–Crippen MR) is 76.1 cm³/mol. The molecule has 7 nitrogen and oxygen atoms in total. The van der Waals surface area contributed by atoms with Crippen molar-refractivity contribution in [3.8, 4) is 0 Å². The third-order valence-electron chi connectivity index (χ3n) is 3.44. The first-order valence-electron chi connectivity index (χ1n) is 7.08. The van der Waals surface area contributed by atoms with E-state index in [1.807, 2.05) is 6.92 Å². The van der Waals surface area contributed by atoms with Gasteiger partial charge in [-0.3, -0.25) is 4.79 Å². The fourth-order valence-electron chi connectivity index (χ4n) is 2.20. The Labute approximate surface area is 121 Å². The molecule has 0 aromatic carbocycles. The summed E-state index contributed by atoms with van der Waals surface area (Å²) in [5, 5.41) is 0. The Balaban J connectivity index is 2.68. The van der Waals surface area contributed by atoms with Gasteiger partial charge in [0, 0.05) is 25.7 Å². The maximum Gasteiger partial charge on any atom is 0.310 e. The van der Waals surface area contributed by atoms with E-state index in [0.29, 0.717) is 32.4 Å². The lowest BCUT2D eigenvalue weighted by molar-refractivity contribution is -0.149. The summed E-state index contributed by atoms with van der Waals surface area (Å²) >= 11 is 0. The summed E-state index contributed by atoms with van der Waals surface area (Å²) in [6, 6.07) is -0.275. The summed E-state index contributed by atoms with van der Waals surface area (Å²) in [7, 11) is -3.59. The number of nitrogens with zero attached hydrogens (tertiary/aromatic N) is 1. The zero-order chi connectivity index (χ0) is 15.2. The third-order valence-corrected chi connectivity index (χ3v) is 5.08. The number of esters is 1. The molecule has 20 heavy (non-hydrogen) atoms. The van der Waals surface area contributed by atoms with E-state index in [0.717, 1.165) is 0 Å². The highest BCUT2D eigenvalue weighted by atomic mass is 32.2. The van der Waals surface area contributed by atoms with Crippen molar-refractivity contribution in [2.45, 2.75) is 39.2 Å². The van der Waals surface area contributed by atoms with Crippen LogP contribution in [0.5, 0.6) is 0 Å². The first-order valence-corrected chi connectivity index (χ1v) is 8.52. The molecule has 1 aliphatic rings. The lowest BCUT2D eigenvalue weighted by Crippen LogP contribution is -2.51. The molecule has 0 radical (unpaired) electrons. The third kappa shape index (κ3) is 4.69. The summed E-state index contributed by atoms with van der Waals surface area (Å²) in [6.07, 6.45) is 1.95. The number of ether oxygens (including phenoxy) is 1. The highest BCUT2D eigenvalue weighted by molar-refractivity contribution is 7.87. The number of hydrogen-bond donors (Lipinski definition) is 2. The Morgan fingerprint density at radius 2 is 2.20 bits per heavy atom. The number of nitrogens with two attached hydrogens (primary N) is 1. The molecular formula is C12H25N3O4S. The fraction of sp³-hybridized carbons (Fsp3) is 0.917. The van der Waals surface area contributed by atoms with E-state index in [-0.39, 0.29) is 31.0 Å². The van der Waals surface area contributed by atoms with Crippen molar-refractivity contribution in [1.29, 1.82) is 0 Å². The zero-order valence-corrected chi connectivity index (χ0v) is 13.0. The van der Waals surface area contributed by atoms with Crippen LogP contribution >= 0.6 is 0 Å². The minimum Gasteiger partial charge on any atom is -0.466 e. The highest BCUT2D eigenvalue weighted by Gasteiger charge is 2.33. The largest absolute Gasteiger partial charge is 0.466 e. The van der Waals surface area contributed by atoms with Crippen molar-refractivity contribution in [2.75, 3.05) is 26.2 Å². The second kappa shape index (κ2) is 7.92. The van der Waals surface area contributed by atoms with Crippen molar-refractivity contribution < 1.29 is 17.9 Å². The molecule has 0 aromatic heterocycles. The van der Waals surface area contributed by atoms with Gasteiger partial charge >= 0.3 is 5.97 Å². The number of carbonyl (C=O) groups is 1. The van der Waals surface area contributed by atoms with Crippen LogP contribution in [0.15, 0.2) is 0 Å². The van der Waals surface area contributed by atoms with Gasteiger partial charge in [-0.05, 0) is 26.2 Å². The van der Waals surface area contributed by atoms with Crippen LogP contribution in [0.25, 0.3) is 0 Å². The van der Waals surface area contributed by atoms with Crippen molar-refractivity contribution in [1.82, 2.24) is 9.03 Å². The molecule has 1 heterocycles. The van der Waals surface area contributed by atoms with Gasteiger partial charge in [0.25, 0.3) is 10.2 Å². The number of carbonyl (C=O) groups excluding carboxylic acids is 1. The molecule has 0 aliphatic carbocycles. The van der Waals surface area contributed by atoms with Gasteiger partial charge in [0.15, 0.2) is 0 Å². The molecule has 0 saturated carbocycles. The van der Waals surface area contributed by atoms with E-state index in [1.54, 1.807) is 6.92 Å². The first kappa shape index (κ1) is 17.4. The number of hydrogen-bond acceptors (Lipinski definition) is 5.